The molecule has 0 spiro atoms. The molecule has 0 aromatic carbocycles. The number of rotatable bonds is 2. The number of aromatic nitrogens is 2. The zero-order chi connectivity index (χ0) is 8.27. The lowest BCUT2D eigenvalue weighted by atomic mass is 10.3. The second-order valence-electron chi connectivity index (χ2n) is 2.03. The van der Waals surface area contributed by atoms with Crippen molar-refractivity contribution in [3.8, 4) is 0 Å². The minimum atomic E-state index is 0.326. The van der Waals surface area contributed by atoms with Crippen LogP contribution in [-0.4, -0.2) is 16.2 Å². The monoisotopic (exact) mass is 188 g/mol. The molecule has 0 atom stereocenters. The van der Waals surface area contributed by atoms with Gasteiger partial charge in [0.15, 0.2) is 0 Å². The zero-order valence-corrected chi connectivity index (χ0v) is 8.04. The molecule has 1 rings (SSSR count). The highest BCUT2D eigenvalue weighted by atomic mass is 35.5. The van der Waals surface area contributed by atoms with Crippen molar-refractivity contribution in [1.29, 1.82) is 0 Å². The van der Waals surface area contributed by atoms with Gasteiger partial charge in [0.2, 0.25) is 5.28 Å². The highest BCUT2D eigenvalue weighted by molar-refractivity contribution is 7.98. The van der Waals surface area contributed by atoms with Gasteiger partial charge in [-0.15, -0.1) is 11.8 Å². The molecule has 60 valence electrons. The first-order valence-corrected chi connectivity index (χ1v) is 4.93. The van der Waals surface area contributed by atoms with Crippen LogP contribution in [0.3, 0.4) is 0 Å². The van der Waals surface area contributed by atoms with Gasteiger partial charge in [0.1, 0.15) is 5.03 Å². The van der Waals surface area contributed by atoms with Crippen LogP contribution in [0.1, 0.15) is 12.5 Å². The van der Waals surface area contributed by atoms with Crippen molar-refractivity contribution < 1.29 is 0 Å². The number of hydrogen-bond donors (Lipinski definition) is 0. The normalized spacial score (nSPS) is 10.1. The molecule has 1 heterocycles. The Kier molecular flexibility index (Phi) is 3.15. The summed E-state index contributed by atoms with van der Waals surface area (Å²) in [6.45, 7) is 2.08. The van der Waals surface area contributed by atoms with E-state index < -0.39 is 0 Å². The van der Waals surface area contributed by atoms with Crippen LogP contribution in [0.4, 0.5) is 0 Å². The lowest BCUT2D eigenvalue weighted by molar-refractivity contribution is 0.946. The molecule has 0 fully saturated rings. The molecule has 0 N–H and O–H groups in total. The number of thioether (sulfide) groups is 1. The van der Waals surface area contributed by atoms with Crippen LogP contribution < -0.4 is 0 Å². The SMILES string of the molecule is CCc1cnc(Cl)nc1SC. The lowest BCUT2D eigenvalue weighted by Crippen LogP contribution is -1.91. The third-order valence-corrected chi connectivity index (χ3v) is 2.29. The molecule has 0 amide bonds. The Morgan fingerprint density at radius 1 is 1.64 bits per heavy atom. The predicted molar refractivity (Wildman–Crippen MR) is 48.2 cm³/mol. The van der Waals surface area contributed by atoms with E-state index in [0.29, 0.717) is 5.28 Å². The van der Waals surface area contributed by atoms with E-state index in [1.54, 1.807) is 18.0 Å². The van der Waals surface area contributed by atoms with E-state index in [0.717, 1.165) is 17.0 Å². The van der Waals surface area contributed by atoms with Crippen LogP contribution >= 0.6 is 23.4 Å². The summed E-state index contributed by atoms with van der Waals surface area (Å²) >= 11 is 7.22. The summed E-state index contributed by atoms with van der Waals surface area (Å²) in [6.07, 6.45) is 4.71. The summed E-state index contributed by atoms with van der Waals surface area (Å²) in [6, 6.07) is 0. The van der Waals surface area contributed by atoms with Gasteiger partial charge in [0, 0.05) is 11.8 Å². The highest BCUT2D eigenvalue weighted by Gasteiger charge is 2.01. The van der Waals surface area contributed by atoms with E-state index in [-0.39, 0.29) is 0 Å². The summed E-state index contributed by atoms with van der Waals surface area (Å²) in [7, 11) is 0. The van der Waals surface area contributed by atoms with Gasteiger partial charge in [0.25, 0.3) is 0 Å². The van der Waals surface area contributed by atoms with Crippen LogP contribution in [0.5, 0.6) is 0 Å². The van der Waals surface area contributed by atoms with Gasteiger partial charge in [-0.2, -0.15) is 0 Å². The summed E-state index contributed by atoms with van der Waals surface area (Å²) in [5.74, 6) is 0. The third-order valence-electron chi connectivity index (χ3n) is 1.37. The van der Waals surface area contributed by atoms with Crippen molar-refractivity contribution >= 4 is 23.4 Å². The number of hydrogen-bond acceptors (Lipinski definition) is 3. The molecule has 2 nitrogen and oxygen atoms in total. The van der Waals surface area contributed by atoms with Crippen LogP contribution in [0.25, 0.3) is 0 Å². The van der Waals surface area contributed by atoms with Crippen LogP contribution in [0, 0.1) is 0 Å². The van der Waals surface area contributed by atoms with Gasteiger partial charge in [0.05, 0.1) is 0 Å². The second-order valence-corrected chi connectivity index (χ2v) is 3.16. The molecule has 0 saturated carbocycles. The van der Waals surface area contributed by atoms with Crippen molar-refractivity contribution in [3.05, 3.63) is 17.0 Å². The maximum Gasteiger partial charge on any atom is 0.223 e. The van der Waals surface area contributed by atoms with Crippen molar-refractivity contribution in [2.45, 2.75) is 18.4 Å². The fraction of sp³-hybridized carbons (Fsp3) is 0.429. The average Bonchev–Trinajstić information content (AvgIpc) is 2.04. The molecule has 1 aromatic heterocycles. The Morgan fingerprint density at radius 2 is 2.36 bits per heavy atom. The van der Waals surface area contributed by atoms with E-state index in [2.05, 4.69) is 16.9 Å². The number of halogens is 1. The molecule has 11 heavy (non-hydrogen) atoms. The molecule has 1 aromatic rings. The van der Waals surface area contributed by atoms with E-state index in [4.69, 9.17) is 11.6 Å². The zero-order valence-electron chi connectivity index (χ0n) is 6.47. The molecule has 0 bridgehead atoms. The minimum absolute atomic E-state index is 0.326. The first kappa shape index (κ1) is 8.81. The average molecular weight is 189 g/mol. The van der Waals surface area contributed by atoms with Gasteiger partial charge in [-0.1, -0.05) is 6.92 Å². The Balaban J connectivity index is 3.06. The fourth-order valence-electron chi connectivity index (χ4n) is 0.790. The molecule has 0 saturated heterocycles. The lowest BCUT2D eigenvalue weighted by Gasteiger charge is -2.01. The van der Waals surface area contributed by atoms with Crippen molar-refractivity contribution in [1.82, 2.24) is 9.97 Å². The van der Waals surface area contributed by atoms with Gasteiger partial charge >= 0.3 is 0 Å². The molecule has 0 unspecified atom stereocenters. The fourth-order valence-corrected chi connectivity index (χ4v) is 1.61. The molecule has 0 radical (unpaired) electrons. The minimum Gasteiger partial charge on any atom is -0.226 e. The highest BCUT2D eigenvalue weighted by Crippen LogP contribution is 2.18. The molecule has 4 heteroatoms. The summed E-state index contributed by atoms with van der Waals surface area (Å²) < 4.78 is 0. The van der Waals surface area contributed by atoms with Gasteiger partial charge in [-0.25, -0.2) is 9.97 Å². The summed E-state index contributed by atoms with van der Waals surface area (Å²) in [4.78, 5) is 7.98. The smallest absolute Gasteiger partial charge is 0.223 e. The molecular weight excluding hydrogens is 180 g/mol. The van der Waals surface area contributed by atoms with Gasteiger partial charge in [-0.3, -0.25) is 0 Å². The first-order chi connectivity index (χ1) is 5.27. The molecule has 0 aliphatic rings. The maximum absolute atomic E-state index is 5.62. The van der Waals surface area contributed by atoms with Crippen molar-refractivity contribution in [2.75, 3.05) is 6.26 Å². The Labute approximate surface area is 75.4 Å². The molecular formula is C7H9ClN2S. The topological polar surface area (TPSA) is 25.8 Å². The second kappa shape index (κ2) is 3.93. The Morgan fingerprint density at radius 3 is 2.91 bits per heavy atom. The first-order valence-electron chi connectivity index (χ1n) is 3.33. The summed E-state index contributed by atoms with van der Waals surface area (Å²) in [5, 5.41) is 1.30. The van der Waals surface area contributed by atoms with E-state index in [9.17, 15) is 0 Å². The van der Waals surface area contributed by atoms with Crippen molar-refractivity contribution in [2.24, 2.45) is 0 Å². The molecule has 0 aliphatic heterocycles. The van der Waals surface area contributed by atoms with E-state index in [1.165, 1.54) is 0 Å². The number of nitrogens with zero attached hydrogens (tertiary/aromatic N) is 2. The summed E-state index contributed by atoms with van der Waals surface area (Å²) in [5.41, 5.74) is 1.15. The standard InChI is InChI=1S/C7H9ClN2S/c1-3-5-4-9-7(8)10-6(5)11-2/h4H,3H2,1-2H3. The Hall–Kier alpha value is -0.280. The predicted octanol–water partition coefficient (Wildman–Crippen LogP) is 2.41. The van der Waals surface area contributed by atoms with E-state index >= 15 is 0 Å². The number of aryl methyl sites for hydroxylation is 1. The van der Waals surface area contributed by atoms with Crippen LogP contribution in [-0.2, 0) is 6.42 Å². The maximum atomic E-state index is 5.62. The van der Waals surface area contributed by atoms with Gasteiger partial charge < -0.3 is 0 Å². The van der Waals surface area contributed by atoms with Crippen molar-refractivity contribution in [3.63, 3.8) is 0 Å². The van der Waals surface area contributed by atoms with Gasteiger partial charge in [-0.05, 0) is 24.3 Å². The van der Waals surface area contributed by atoms with Crippen LogP contribution in [0.2, 0.25) is 5.28 Å². The Bertz CT molecular complexity index is 252. The van der Waals surface area contributed by atoms with E-state index in [1.807, 2.05) is 6.26 Å². The quantitative estimate of drug-likeness (QED) is 0.405. The van der Waals surface area contributed by atoms with Crippen LogP contribution in [0.15, 0.2) is 11.2 Å². The third kappa shape index (κ3) is 2.07. The largest absolute Gasteiger partial charge is 0.226 e. The molecule has 0 aliphatic carbocycles.